The van der Waals surface area contributed by atoms with Gasteiger partial charge in [0.15, 0.2) is 0 Å². The average molecular weight is 348 g/mol. The summed E-state index contributed by atoms with van der Waals surface area (Å²) in [6.07, 6.45) is 0. The maximum atomic E-state index is 12.3. The second-order valence-corrected chi connectivity index (χ2v) is 5.72. The van der Waals surface area contributed by atoms with Crippen molar-refractivity contribution in [3.05, 3.63) is 69.2 Å². The van der Waals surface area contributed by atoms with E-state index in [1.54, 1.807) is 7.11 Å². The monoisotopic (exact) mass is 347 g/mol. The highest BCUT2D eigenvalue weighted by molar-refractivity contribution is 9.10. The molecule has 110 valence electrons. The molecule has 2 aromatic rings. The second kappa shape index (κ2) is 7.38. The van der Waals surface area contributed by atoms with Crippen molar-refractivity contribution in [1.29, 1.82) is 0 Å². The lowest BCUT2D eigenvalue weighted by atomic mass is 10.1. The lowest BCUT2D eigenvalue weighted by molar-refractivity contribution is 0.0949. The van der Waals surface area contributed by atoms with E-state index in [1.807, 2.05) is 49.4 Å². The van der Waals surface area contributed by atoms with E-state index in [9.17, 15) is 4.79 Å². The Hall–Kier alpha value is -1.65. The number of benzene rings is 2. The molecule has 2 aromatic carbocycles. The van der Waals surface area contributed by atoms with Crippen molar-refractivity contribution in [2.24, 2.45) is 0 Å². The number of methoxy groups -OCH3 is 1. The largest absolute Gasteiger partial charge is 0.380 e. The Morgan fingerprint density at radius 3 is 2.62 bits per heavy atom. The highest BCUT2D eigenvalue weighted by Crippen LogP contribution is 2.18. The third kappa shape index (κ3) is 4.16. The van der Waals surface area contributed by atoms with Crippen molar-refractivity contribution in [2.45, 2.75) is 20.1 Å². The van der Waals surface area contributed by atoms with E-state index in [0.717, 1.165) is 21.2 Å². The molecule has 0 saturated heterocycles. The summed E-state index contributed by atoms with van der Waals surface area (Å²) in [6.45, 7) is 3.00. The van der Waals surface area contributed by atoms with Crippen LogP contribution in [0.2, 0.25) is 0 Å². The molecule has 0 aliphatic heterocycles. The fourth-order valence-electron chi connectivity index (χ4n) is 2.11. The predicted octanol–water partition coefficient (Wildman–Crippen LogP) is 3.83. The fourth-order valence-corrected chi connectivity index (χ4v) is 2.54. The number of hydrogen-bond donors (Lipinski definition) is 1. The molecule has 0 bridgehead atoms. The summed E-state index contributed by atoms with van der Waals surface area (Å²) in [5.41, 5.74) is 3.86. The van der Waals surface area contributed by atoms with E-state index in [0.29, 0.717) is 18.7 Å². The van der Waals surface area contributed by atoms with Gasteiger partial charge in [0.1, 0.15) is 0 Å². The van der Waals surface area contributed by atoms with Crippen molar-refractivity contribution < 1.29 is 9.53 Å². The molecular weight excluding hydrogens is 330 g/mol. The molecule has 0 spiro atoms. The van der Waals surface area contributed by atoms with Gasteiger partial charge in [-0.2, -0.15) is 0 Å². The van der Waals surface area contributed by atoms with Crippen molar-refractivity contribution in [3.63, 3.8) is 0 Å². The van der Waals surface area contributed by atoms with Crippen LogP contribution in [0.3, 0.4) is 0 Å². The van der Waals surface area contributed by atoms with Crippen molar-refractivity contribution in [1.82, 2.24) is 5.32 Å². The number of aryl methyl sites for hydroxylation is 1. The van der Waals surface area contributed by atoms with Gasteiger partial charge in [-0.1, -0.05) is 35.9 Å². The maximum Gasteiger partial charge on any atom is 0.252 e. The first-order valence-electron chi connectivity index (χ1n) is 6.72. The molecule has 3 nitrogen and oxygen atoms in total. The van der Waals surface area contributed by atoms with Crippen molar-refractivity contribution in [3.8, 4) is 0 Å². The zero-order chi connectivity index (χ0) is 15.2. The summed E-state index contributed by atoms with van der Waals surface area (Å²) in [7, 11) is 1.67. The molecule has 1 amide bonds. The Labute approximate surface area is 133 Å². The van der Waals surface area contributed by atoms with Crippen molar-refractivity contribution in [2.75, 3.05) is 7.11 Å². The molecular formula is C17H18BrNO2. The van der Waals surface area contributed by atoms with Gasteiger partial charge < -0.3 is 10.1 Å². The second-order valence-electron chi connectivity index (χ2n) is 4.87. The predicted molar refractivity (Wildman–Crippen MR) is 87.2 cm³/mol. The summed E-state index contributed by atoms with van der Waals surface area (Å²) in [5, 5.41) is 2.96. The lowest BCUT2D eigenvalue weighted by Gasteiger charge is -2.11. The Balaban J connectivity index is 2.09. The topological polar surface area (TPSA) is 38.3 Å². The number of amides is 1. The van der Waals surface area contributed by atoms with Gasteiger partial charge in [0.05, 0.1) is 12.2 Å². The molecule has 2 rings (SSSR count). The standard InChI is InChI=1S/C17H18BrNO2/c1-12-7-8-16(18)15(9-12)17(20)19-10-13-5-3-4-6-14(13)11-21-2/h3-9H,10-11H2,1-2H3,(H,19,20). The lowest BCUT2D eigenvalue weighted by Crippen LogP contribution is -2.24. The zero-order valence-electron chi connectivity index (χ0n) is 12.2. The van der Waals surface area contributed by atoms with Gasteiger partial charge in [0.2, 0.25) is 0 Å². The molecule has 0 aliphatic carbocycles. The Morgan fingerprint density at radius 1 is 1.19 bits per heavy atom. The molecule has 0 aliphatic rings. The minimum absolute atomic E-state index is 0.0854. The number of hydrogen-bond acceptors (Lipinski definition) is 2. The van der Waals surface area contributed by atoms with Crippen LogP contribution in [0.4, 0.5) is 0 Å². The van der Waals surface area contributed by atoms with Gasteiger partial charge in [-0.05, 0) is 46.1 Å². The first-order valence-corrected chi connectivity index (χ1v) is 7.51. The smallest absolute Gasteiger partial charge is 0.252 e. The summed E-state index contributed by atoms with van der Waals surface area (Å²) in [5.74, 6) is -0.0854. The molecule has 0 radical (unpaired) electrons. The normalized spacial score (nSPS) is 10.4. The summed E-state index contributed by atoms with van der Waals surface area (Å²) < 4.78 is 5.98. The number of carbonyl (C=O) groups excluding carboxylic acids is 1. The van der Waals surface area contributed by atoms with Crippen LogP contribution in [0, 0.1) is 6.92 Å². The van der Waals surface area contributed by atoms with Gasteiger partial charge in [-0.3, -0.25) is 4.79 Å². The van der Waals surface area contributed by atoms with Crippen LogP contribution in [0.1, 0.15) is 27.0 Å². The first-order chi connectivity index (χ1) is 10.1. The highest BCUT2D eigenvalue weighted by Gasteiger charge is 2.10. The van der Waals surface area contributed by atoms with E-state index in [2.05, 4.69) is 21.2 Å². The number of halogens is 1. The van der Waals surface area contributed by atoms with Gasteiger partial charge in [-0.25, -0.2) is 0 Å². The van der Waals surface area contributed by atoms with Gasteiger partial charge in [-0.15, -0.1) is 0 Å². The molecule has 0 unspecified atom stereocenters. The van der Waals surface area contributed by atoms with Crippen LogP contribution >= 0.6 is 15.9 Å². The van der Waals surface area contributed by atoms with E-state index >= 15 is 0 Å². The van der Waals surface area contributed by atoms with Crippen LogP contribution in [-0.4, -0.2) is 13.0 Å². The minimum atomic E-state index is -0.0854. The van der Waals surface area contributed by atoms with Crippen LogP contribution in [0.25, 0.3) is 0 Å². The molecule has 21 heavy (non-hydrogen) atoms. The molecule has 1 N–H and O–H groups in total. The molecule has 0 atom stereocenters. The third-order valence-electron chi connectivity index (χ3n) is 3.22. The van der Waals surface area contributed by atoms with E-state index < -0.39 is 0 Å². The van der Waals surface area contributed by atoms with Gasteiger partial charge >= 0.3 is 0 Å². The number of ether oxygens (including phenoxy) is 1. The van der Waals surface area contributed by atoms with Crippen LogP contribution < -0.4 is 5.32 Å². The molecule has 0 aromatic heterocycles. The van der Waals surface area contributed by atoms with Gasteiger partial charge in [0, 0.05) is 18.1 Å². The van der Waals surface area contributed by atoms with Crippen LogP contribution in [0.15, 0.2) is 46.9 Å². The summed E-state index contributed by atoms with van der Waals surface area (Å²) >= 11 is 3.42. The molecule has 0 heterocycles. The van der Waals surface area contributed by atoms with Crippen LogP contribution in [-0.2, 0) is 17.9 Å². The average Bonchev–Trinajstić information content (AvgIpc) is 2.49. The maximum absolute atomic E-state index is 12.3. The molecule has 4 heteroatoms. The fraction of sp³-hybridized carbons (Fsp3) is 0.235. The number of nitrogens with one attached hydrogen (secondary N) is 1. The van der Waals surface area contributed by atoms with Crippen LogP contribution in [0.5, 0.6) is 0 Å². The molecule has 0 saturated carbocycles. The third-order valence-corrected chi connectivity index (χ3v) is 3.92. The summed E-state index contributed by atoms with van der Waals surface area (Å²) in [6, 6.07) is 13.7. The van der Waals surface area contributed by atoms with Gasteiger partial charge in [0.25, 0.3) is 5.91 Å². The van der Waals surface area contributed by atoms with Crippen molar-refractivity contribution >= 4 is 21.8 Å². The SMILES string of the molecule is COCc1ccccc1CNC(=O)c1cc(C)ccc1Br. The number of carbonyl (C=O) groups is 1. The first kappa shape index (κ1) is 15.7. The summed E-state index contributed by atoms with van der Waals surface area (Å²) in [4.78, 5) is 12.3. The Bertz CT molecular complexity index is 640. The quantitative estimate of drug-likeness (QED) is 0.892. The van der Waals surface area contributed by atoms with E-state index in [-0.39, 0.29) is 5.91 Å². The Kier molecular flexibility index (Phi) is 5.53. The number of rotatable bonds is 5. The molecule has 0 fully saturated rings. The Morgan fingerprint density at radius 2 is 1.90 bits per heavy atom. The van der Waals surface area contributed by atoms with E-state index in [1.165, 1.54) is 0 Å². The zero-order valence-corrected chi connectivity index (χ0v) is 13.7. The van der Waals surface area contributed by atoms with E-state index in [4.69, 9.17) is 4.74 Å². The highest BCUT2D eigenvalue weighted by atomic mass is 79.9. The minimum Gasteiger partial charge on any atom is -0.380 e.